The van der Waals surface area contributed by atoms with Gasteiger partial charge in [-0.3, -0.25) is 9.59 Å². The van der Waals surface area contributed by atoms with Crippen molar-refractivity contribution in [1.29, 1.82) is 0 Å². The van der Waals surface area contributed by atoms with E-state index in [0.717, 1.165) is 19.4 Å². The first kappa shape index (κ1) is 18.5. The molecule has 0 saturated carbocycles. The van der Waals surface area contributed by atoms with Crippen LogP contribution in [0.25, 0.3) is 0 Å². The second-order valence-corrected chi connectivity index (χ2v) is 7.44. The summed E-state index contributed by atoms with van der Waals surface area (Å²) in [5.41, 5.74) is 2.95. The zero-order chi connectivity index (χ0) is 19.5. The maximum absolute atomic E-state index is 12.8. The van der Waals surface area contributed by atoms with Crippen LogP contribution >= 0.6 is 0 Å². The first-order chi connectivity index (χ1) is 13.6. The molecule has 0 aromatic heterocycles. The molecular formula is C23H25NO4. The predicted molar refractivity (Wildman–Crippen MR) is 106 cm³/mol. The summed E-state index contributed by atoms with van der Waals surface area (Å²) in [6, 6.07) is 13.7. The van der Waals surface area contributed by atoms with E-state index in [-0.39, 0.29) is 30.6 Å². The van der Waals surface area contributed by atoms with E-state index in [0.29, 0.717) is 30.3 Å². The van der Waals surface area contributed by atoms with Gasteiger partial charge in [0.2, 0.25) is 5.91 Å². The van der Waals surface area contributed by atoms with Crippen LogP contribution in [0, 0.1) is 6.92 Å². The van der Waals surface area contributed by atoms with E-state index in [2.05, 4.69) is 31.2 Å². The molecule has 0 N–H and O–H groups in total. The highest BCUT2D eigenvalue weighted by Gasteiger charge is 2.30. The van der Waals surface area contributed by atoms with Crippen LogP contribution in [-0.4, -0.2) is 36.3 Å². The van der Waals surface area contributed by atoms with E-state index in [1.165, 1.54) is 11.1 Å². The fraction of sp³-hybridized carbons (Fsp3) is 0.391. The number of rotatable bonds is 5. The van der Waals surface area contributed by atoms with Crippen LogP contribution in [0.2, 0.25) is 0 Å². The van der Waals surface area contributed by atoms with Crippen LogP contribution in [-0.2, 0) is 4.79 Å². The molecule has 1 fully saturated rings. The van der Waals surface area contributed by atoms with Crippen molar-refractivity contribution < 1.29 is 19.1 Å². The number of hydrogen-bond donors (Lipinski definition) is 0. The summed E-state index contributed by atoms with van der Waals surface area (Å²) in [5.74, 6) is 1.27. The molecule has 4 rings (SSSR count). The molecule has 1 atom stereocenters. The number of likely N-dealkylation sites (tertiary alicyclic amines) is 1. The van der Waals surface area contributed by atoms with Crippen molar-refractivity contribution in [3.63, 3.8) is 0 Å². The van der Waals surface area contributed by atoms with Crippen molar-refractivity contribution in [2.24, 2.45) is 0 Å². The molecule has 2 aromatic carbocycles. The van der Waals surface area contributed by atoms with E-state index < -0.39 is 0 Å². The highest BCUT2D eigenvalue weighted by atomic mass is 16.6. The molecule has 5 nitrogen and oxygen atoms in total. The molecule has 2 aromatic rings. The van der Waals surface area contributed by atoms with Crippen molar-refractivity contribution >= 4 is 11.7 Å². The summed E-state index contributed by atoms with van der Waals surface area (Å²) >= 11 is 0. The largest absolute Gasteiger partial charge is 0.486 e. The topological polar surface area (TPSA) is 55.8 Å². The minimum absolute atomic E-state index is 0.0450. The lowest BCUT2D eigenvalue weighted by molar-refractivity contribution is -0.132. The summed E-state index contributed by atoms with van der Waals surface area (Å²) in [4.78, 5) is 27.3. The van der Waals surface area contributed by atoms with Gasteiger partial charge in [0.1, 0.15) is 13.2 Å². The van der Waals surface area contributed by atoms with Gasteiger partial charge in [0.05, 0.1) is 6.04 Å². The Morgan fingerprint density at radius 3 is 2.54 bits per heavy atom. The average Bonchev–Trinajstić information content (AvgIpc) is 3.22. The van der Waals surface area contributed by atoms with Crippen molar-refractivity contribution in [3.05, 3.63) is 59.2 Å². The Labute approximate surface area is 165 Å². The van der Waals surface area contributed by atoms with Crippen LogP contribution in [0.1, 0.15) is 53.2 Å². The predicted octanol–water partition coefficient (Wildman–Crippen LogP) is 4.09. The van der Waals surface area contributed by atoms with Gasteiger partial charge in [-0.15, -0.1) is 0 Å². The Kier molecular flexibility index (Phi) is 5.33. The molecule has 5 heteroatoms. The number of nitrogens with zero attached hydrogens (tertiary/aromatic N) is 1. The van der Waals surface area contributed by atoms with E-state index in [4.69, 9.17) is 9.47 Å². The molecular weight excluding hydrogens is 354 g/mol. The van der Waals surface area contributed by atoms with Gasteiger partial charge in [0.15, 0.2) is 17.3 Å². The molecule has 28 heavy (non-hydrogen) atoms. The smallest absolute Gasteiger partial charge is 0.223 e. The van der Waals surface area contributed by atoms with Crippen molar-refractivity contribution in [3.8, 4) is 11.5 Å². The SMILES string of the molecule is Cc1ccc(C2CCCN2C(=O)CCC(=O)c2ccc3c(c2)OCCO3)cc1. The number of aryl methyl sites for hydroxylation is 1. The van der Waals surface area contributed by atoms with Crippen LogP contribution in [0.3, 0.4) is 0 Å². The maximum atomic E-state index is 12.8. The second kappa shape index (κ2) is 8.05. The Morgan fingerprint density at radius 1 is 1.00 bits per heavy atom. The molecule has 0 aliphatic carbocycles. The number of Topliss-reactive ketones (excluding diaryl/α,β-unsaturated/α-hetero) is 1. The fourth-order valence-electron chi connectivity index (χ4n) is 3.93. The molecule has 146 valence electrons. The summed E-state index contributed by atoms with van der Waals surface area (Å²) in [6.45, 7) is 3.83. The molecule has 2 aliphatic rings. The van der Waals surface area contributed by atoms with Gasteiger partial charge in [-0.1, -0.05) is 29.8 Å². The normalized spacial score (nSPS) is 18.2. The highest BCUT2D eigenvalue weighted by molar-refractivity contribution is 5.98. The van der Waals surface area contributed by atoms with Crippen LogP contribution in [0.5, 0.6) is 11.5 Å². The van der Waals surface area contributed by atoms with Gasteiger partial charge in [0, 0.05) is 24.9 Å². The average molecular weight is 379 g/mol. The molecule has 0 bridgehead atoms. The lowest BCUT2D eigenvalue weighted by Gasteiger charge is -2.25. The number of benzene rings is 2. The maximum Gasteiger partial charge on any atom is 0.223 e. The van der Waals surface area contributed by atoms with Crippen LogP contribution < -0.4 is 9.47 Å². The molecule has 1 unspecified atom stereocenters. The number of carbonyl (C=O) groups is 2. The Morgan fingerprint density at radius 2 is 1.75 bits per heavy atom. The quantitative estimate of drug-likeness (QED) is 0.734. The second-order valence-electron chi connectivity index (χ2n) is 7.44. The molecule has 1 amide bonds. The number of amides is 1. The summed E-state index contributed by atoms with van der Waals surface area (Å²) in [7, 11) is 0. The summed E-state index contributed by atoms with van der Waals surface area (Å²) < 4.78 is 11.0. The minimum Gasteiger partial charge on any atom is -0.486 e. The third-order valence-electron chi connectivity index (χ3n) is 5.47. The van der Waals surface area contributed by atoms with Crippen molar-refractivity contribution in [1.82, 2.24) is 4.90 Å². The molecule has 0 spiro atoms. The number of carbonyl (C=O) groups excluding carboxylic acids is 2. The minimum atomic E-state index is -0.0450. The number of ketones is 1. The van der Waals surface area contributed by atoms with Gasteiger partial charge < -0.3 is 14.4 Å². The van der Waals surface area contributed by atoms with E-state index in [1.54, 1.807) is 18.2 Å². The fourth-order valence-corrected chi connectivity index (χ4v) is 3.93. The van der Waals surface area contributed by atoms with E-state index in [9.17, 15) is 9.59 Å². The standard InChI is InChI=1S/C23H25NO4/c1-16-4-6-17(7-5-16)19-3-2-12-24(19)23(26)11-9-20(25)18-8-10-21-22(15-18)28-14-13-27-21/h4-8,10,15,19H,2-3,9,11-14H2,1H3. The Bertz CT molecular complexity index is 875. The van der Waals surface area contributed by atoms with E-state index >= 15 is 0 Å². The van der Waals surface area contributed by atoms with Gasteiger partial charge >= 0.3 is 0 Å². The lowest BCUT2D eigenvalue weighted by atomic mass is 10.0. The molecule has 1 saturated heterocycles. The molecule has 2 heterocycles. The van der Waals surface area contributed by atoms with Crippen molar-refractivity contribution in [2.75, 3.05) is 19.8 Å². The first-order valence-corrected chi connectivity index (χ1v) is 9.91. The van der Waals surface area contributed by atoms with Crippen LogP contribution in [0.4, 0.5) is 0 Å². The van der Waals surface area contributed by atoms with E-state index in [1.807, 2.05) is 4.90 Å². The third-order valence-corrected chi connectivity index (χ3v) is 5.47. The summed E-state index contributed by atoms with van der Waals surface area (Å²) in [6.07, 6.45) is 2.41. The van der Waals surface area contributed by atoms with Gasteiger partial charge in [-0.2, -0.15) is 0 Å². The van der Waals surface area contributed by atoms with Gasteiger partial charge in [-0.05, 0) is 43.5 Å². The summed E-state index contributed by atoms with van der Waals surface area (Å²) in [5, 5.41) is 0. The number of ether oxygens (including phenoxy) is 2. The van der Waals surface area contributed by atoms with Crippen LogP contribution in [0.15, 0.2) is 42.5 Å². The number of fused-ring (bicyclic) bond motifs is 1. The lowest BCUT2D eigenvalue weighted by Crippen LogP contribution is -2.30. The Balaban J connectivity index is 1.38. The Hall–Kier alpha value is -2.82. The monoisotopic (exact) mass is 379 g/mol. The van der Waals surface area contributed by atoms with Gasteiger partial charge in [0.25, 0.3) is 0 Å². The van der Waals surface area contributed by atoms with Gasteiger partial charge in [-0.25, -0.2) is 0 Å². The molecule has 2 aliphatic heterocycles. The van der Waals surface area contributed by atoms with Crippen molar-refractivity contribution in [2.45, 2.75) is 38.6 Å². The number of hydrogen-bond acceptors (Lipinski definition) is 4. The highest BCUT2D eigenvalue weighted by Crippen LogP contribution is 2.33. The zero-order valence-electron chi connectivity index (χ0n) is 16.1. The third kappa shape index (κ3) is 3.88. The zero-order valence-corrected chi connectivity index (χ0v) is 16.1. The first-order valence-electron chi connectivity index (χ1n) is 9.91. The molecule has 0 radical (unpaired) electrons.